The van der Waals surface area contributed by atoms with Crippen LogP contribution in [0.15, 0.2) is 60.7 Å². The van der Waals surface area contributed by atoms with E-state index in [-0.39, 0.29) is 52.4 Å². The van der Waals surface area contributed by atoms with Crippen molar-refractivity contribution in [2.24, 2.45) is 0 Å². The summed E-state index contributed by atoms with van der Waals surface area (Å²) in [5.74, 6) is 0.266. The Hall–Kier alpha value is -1.16. The van der Waals surface area contributed by atoms with E-state index in [1.54, 1.807) is 26.7 Å². The van der Waals surface area contributed by atoms with Crippen LogP contribution in [0.1, 0.15) is 25.0 Å². The van der Waals surface area contributed by atoms with Gasteiger partial charge in [-0.15, -0.1) is 12.8 Å². The number of Topliss-reactive ketones (excluding diaryl/α,β-unsaturated/α-hetero) is 2. The first kappa shape index (κ1) is 25.1. The standard InChI is InChI=1S/2C10H11O.2Pd/c2*1-9(11)7-8-10-5-3-2-4-6-10;;/h2*2-7H,8H2,1H3;;/q2*-1;;. The molecule has 0 aliphatic carbocycles. The first-order valence-electron chi connectivity index (χ1n) is 7.33. The molecule has 0 heterocycles. The Labute approximate surface area is 172 Å². The van der Waals surface area contributed by atoms with Crippen molar-refractivity contribution in [3.63, 3.8) is 0 Å². The maximum atomic E-state index is 10.6. The smallest absolute Gasteiger partial charge is 0 e. The molecule has 136 valence electrons. The van der Waals surface area contributed by atoms with Crippen molar-refractivity contribution >= 4 is 11.6 Å². The minimum absolute atomic E-state index is 0. The molecular formula is C20H22O2Pd2-2. The predicted molar refractivity (Wildman–Crippen MR) is 90.3 cm³/mol. The van der Waals surface area contributed by atoms with Crippen LogP contribution in [0.4, 0.5) is 0 Å². The van der Waals surface area contributed by atoms with E-state index in [2.05, 4.69) is 0 Å². The van der Waals surface area contributed by atoms with Crippen LogP contribution in [0.2, 0.25) is 0 Å². The Morgan fingerprint density at radius 2 is 0.958 bits per heavy atom. The minimum atomic E-state index is 0. The summed E-state index contributed by atoms with van der Waals surface area (Å²) >= 11 is 0. The zero-order valence-electron chi connectivity index (χ0n) is 13.8. The van der Waals surface area contributed by atoms with Gasteiger partial charge in [-0.3, -0.25) is 0 Å². The number of ketones is 2. The summed E-state index contributed by atoms with van der Waals surface area (Å²) in [4.78, 5) is 21.1. The van der Waals surface area contributed by atoms with E-state index < -0.39 is 0 Å². The van der Waals surface area contributed by atoms with Crippen LogP contribution in [0, 0.1) is 12.8 Å². The van der Waals surface area contributed by atoms with Gasteiger partial charge in [0.1, 0.15) is 0 Å². The molecule has 0 aliphatic rings. The summed E-state index contributed by atoms with van der Waals surface area (Å²) in [5.41, 5.74) is 2.37. The van der Waals surface area contributed by atoms with Gasteiger partial charge in [-0.05, 0) is 25.4 Å². The van der Waals surface area contributed by atoms with Gasteiger partial charge in [0, 0.05) is 40.8 Å². The molecule has 0 aromatic heterocycles. The molecule has 0 saturated carbocycles. The van der Waals surface area contributed by atoms with Crippen LogP contribution in [0.3, 0.4) is 0 Å². The van der Waals surface area contributed by atoms with Crippen LogP contribution >= 0.6 is 0 Å². The van der Waals surface area contributed by atoms with E-state index in [4.69, 9.17) is 0 Å². The van der Waals surface area contributed by atoms with Gasteiger partial charge in [-0.2, -0.15) is 0 Å². The molecule has 0 atom stereocenters. The topological polar surface area (TPSA) is 34.1 Å². The molecule has 2 nitrogen and oxygen atoms in total. The number of carbonyl (C=O) groups is 2. The molecule has 0 saturated heterocycles. The monoisotopic (exact) mass is 506 g/mol. The quantitative estimate of drug-likeness (QED) is 0.437. The van der Waals surface area contributed by atoms with Crippen LogP contribution in [0.5, 0.6) is 0 Å². The van der Waals surface area contributed by atoms with Crippen molar-refractivity contribution in [1.82, 2.24) is 0 Å². The van der Waals surface area contributed by atoms with Gasteiger partial charge < -0.3 is 22.4 Å². The molecule has 2 aromatic carbocycles. The molecule has 24 heavy (non-hydrogen) atoms. The van der Waals surface area contributed by atoms with E-state index in [0.717, 1.165) is 12.8 Å². The number of hydrogen-bond donors (Lipinski definition) is 0. The first-order chi connectivity index (χ1) is 10.6. The van der Waals surface area contributed by atoms with Crippen molar-refractivity contribution in [1.29, 1.82) is 0 Å². The summed E-state index contributed by atoms with van der Waals surface area (Å²) in [7, 11) is 0. The zero-order valence-corrected chi connectivity index (χ0v) is 16.9. The van der Waals surface area contributed by atoms with E-state index in [1.807, 2.05) is 60.7 Å². The molecule has 2 aromatic rings. The van der Waals surface area contributed by atoms with Crippen LogP contribution in [-0.4, -0.2) is 11.6 Å². The third-order valence-electron chi connectivity index (χ3n) is 2.94. The fourth-order valence-electron chi connectivity index (χ4n) is 1.75. The average Bonchev–Trinajstić information content (AvgIpc) is 2.53. The molecule has 4 heteroatoms. The largest absolute Gasteiger partial charge is 0.335 e. The fraction of sp³-hybridized carbons (Fsp3) is 0.200. The number of benzene rings is 2. The van der Waals surface area contributed by atoms with Gasteiger partial charge in [0.25, 0.3) is 0 Å². The summed E-state index contributed by atoms with van der Waals surface area (Å²) in [6.45, 7) is 3.14. The normalized spacial score (nSPS) is 8.42. The van der Waals surface area contributed by atoms with Gasteiger partial charge in [0.15, 0.2) is 0 Å². The zero-order chi connectivity index (χ0) is 16.2. The second-order valence-electron chi connectivity index (χ2n) is 5.01. The van der Waals surface area contributed by atoms with Gasteiger partial charge >= 0.3 is 0 Å². The number of hydrogen-bond acceptors (Lipinski definition) is 2. The van der Waals surface area contributed by atoms with Gasteiger partial charge in [0.05, 0.1) is 0 Å². The van der Waals surface area contributed by atoms with Crippen LogP contribution in [0.25, 0.3) is 0 Å². The van der Waals surface area contributed by atoms with Gasteiger partial charge in [0.2, 0.25) is 0 Å². The molecule has 0 spiro atoms. The fourth-order valence-corrected chi connectivity index (χ4v) is 1.75. The summed E-state index contributed by atoms with van der Waals surface area (Å²) in [6, 6.07) is 19.9. The first-order valence-corrected chi connectivity index (χ1v) is 7.33. The SMILES string of the molecule is CC(=O)[CH-]Cc1ccccc1.CC(=O)[CH-]Cc1ccccc1.[Pd].[Pd]. The average molecular weight is 507 g/mol. The summed E-state index contributed by atoms with van der Waals surface area (Å²) in [6.07, 6.45) is 4.87. The predicted octanol–water partition coefficient (Wildman–Crippen LogP) is 4.04. The van der Waals surface area contributed by atoms with E-state index in [9.17, 15) is 9.59 Å². The van der Waals surface area contributed by atoms with E-state index >= 15 is 0 Å². The van der Waals surface area contributed by atoms with Crippen molar-refractivity contribution in [3.8, 4) is 0 Å². The third kappa shape index (κ3) is 13.3. The second kappa shape index (κ2) is 15.4. The molecule has 2 rings (SSSR count). The number of carbonyl (C=O) groups excluding carboxylic acids is 2. The maximum absolute atomic E-state index is 10.6. The molecule has 0 radical (unpaired) electrons. The Bertz CT molecular complexity index is 515. The molecule has 0 amide bonds. The van der Waals surface area contributed by atoms with Crippen molar-refractivity contribution in [2.45, 2.75) is 26.7 Å². The Morgan fingerprint density at radius 3 is 1.21 bits per heavy atom. The maximum Gasteiger partial charge on any atom is 0 e. The van der Waals surface area contributed by atoms with E-state index in [1.165, 1.54) is 11.1 Å². The molecular weight excluding hydrogens is 485 g/mol. The summed E-state index contributed by atoms with van der Waals surface area (Å²) in [5, 5.41) is 0. The number of rotatable bonds is 6. The van der Waals surface area contributed by atoms with Gasteiger partial charge in [-0.25, -0.2) is 0 Å². The van der Waals surface area contributed by atoms with Crippen molar-refractivity contribution < 1.29 is 50.4 Å². The Kier molecular flexibility index (Phi) is 16.1. The van der Waals surface area contributed by atoms with Gasteiger partial charge in [-0.1, -0.05) is 71.8 Å². The molecule has 0 N–H and O–H groups in total. The Balaban J connectivity index is 0. The van der Waals surface area contributed by atoms with Crippen molar-refractivity contribution in [2.75, 3.05) is 0 Å². The van der Waals surface area contributed by atoms with Crippen LogP contribution in [-0.2, 0) is 63.3 Å². The second-order valence-corrected chi connectivity index (χ2v) is 5.01. The molecule has 0 aliphatic heterocycles. The molecule has 0 bridgehead atoms. The molecule has 0 unspecified atom stereocenters. The van der Waals surface area contributed by atoms with Crippen molar-refractivity contribution in [3.05, 3.63) is 84.6 Å². The Morgan fingerprint density at radius 1 is 0.667 bits per heavy atom. The van der Waals surface area contributed by atoms with Crippen LogP contribution < -0.4 is 0 Å². The minimum Gasteiger partial charge on any atom is -0.335 e. The third-order valence-corrected chi connectivity index (χ3v) is 2.94. The summed E-state index contributed by atoms with van der Waals surface area (Å²) < 4.78 is 0. The van der Waals surface area contributed by atoms with E-state index in [0.29, 0.717) is 0 Å². The molecule has 0 fully saturated rings.